The predicted molar refractivity (Wildman–Crippen MR) is 186 cm³/mol. The zero-order chi connectivity index (χ0) is 30.4. The second kappa shape index (κ2) is 12.7. The topological polar surface area (TPSA) is 49.2 Å². The monoisotopic (exact) mass is 578 g/mol. The van der Waals surface area contributed by atoms with E-state index >= 15 is 0 Å². The lowest BCUT2D eigenvalue weighted by Crippen LogP contribution is -2.32. The van der Waals surface area contributed by atoms with Crippen LogP contribution in [0.2, 0.25) is 0 Å². The molecular weight excluding hydrogens is 549 g/mol. The summed E-state index contributed by atoms with van der Waals surface area (Å²) in [6.07, 6.45) is 0. The average molecular weight is 579 g/mol. The van der Waals surface area contributed by atoms with Gasteiger partial charge in [-0.25, -0.2) is 9.97 Å². The molecule has 0 atom stereocenters. The van der Waals surface area contributed by atoms with Crippen LogP contribution in [0.4, 0.5) is 11.4 Å². The Morgan fingerprint density at radius 1 is 0.444 bits per heavy atom. The number of phenols is 1. The number of hydrogen-bond acceptors (Lipinski definition) is 4. The van der Waals surface area contributed by atoms with Gasteiger partial charge in [0.05, 0.1) is 17.1 Å². The van der Waals surface area contributed by atoms with E-state index < -0.39 is 0 Å². The molecule has 7 aromatic rings. The number of benzene rings is 6. The summed E-state index contributed by atoms with van der Waals surface area (Å²) in [6.45, 7) is 0. The van der Waals surface area contributed by atoms with E-state index in [4.69, 9.17) is 9.97 Å². The van der Waals surface area contributed by atoms with Crippen LogP contribution in [0, 0.1) is 0 Å². The maximum Gasteiger partial charge on any atom is 0.291 e. The van der Waals surface area contributed by atoms with E-state index in [2.05, 4.69) is 60.7 Å². The Labute approximate surface area is 264 Å². The van der Waals surface area contributed by atoms with E-state index in [1.54, 1.807) is 6.07 Å². The Balaban J connectivity index is 1.24. The molecule has 4 nitrogen and oxygen atoms in total. The molecule has 0 unspecified atom stereocenters. The van der Waals surface area contributed by atoms with Crippen molar-refractivity contribution in [3.63, 3.8) is 0 Å². The molecular formula is C40H29BN3O. The lowest BCUT2D eigenvalue weighted by Gasteiger charge is -2.26. The Bertz CT molecular complexity index is 1960. The van der Waals surface area contributed by atoms with Crippen molar-refractivity contribution in [3.8, 4) is 50.8 Å². The zero-order valence-electron chi connectivity index (χ0n) is 24.5. The lowest BCUT2D eigenvalue weighted by molar-refractivity contribution is 0.477. The third-order valence-corrected chi connectivity index (χ3v) is 7.71. The number of para-hydroxylation sites is 2. The van der Waals surface area contributed by atoms with Gasteiger partial charge in [-0.3, -0.25) is 0 Å². The quantitative estimate of drug-likeness (QED) is 0.183. The molecule has 45 heavy (non-hydrogen) atoms. The van der Waals surface area contributed by atoms with Crippen LogP contribution in [0.15, 0.2) is 170 Å². The summed E-state index contributed by atoms with van der Waals surface area (Å²) in [5, 5.41) is 10.8. The van der Waals surface area contributed by atoms with E-state index in [1.165, 1.54) is 5.56 Å². The van der Waals surface area contributed by atoms with Gasteiger partial charge in [0.2, 0.25) is 0 Å². The molecule has 1 N–H and O–H groups in total. The van der Waals surface area contributed by atoms with Gasteiger partial charge in [-0.2, -0.15) is 0 Å². The van der Waals surface area contributed by atoms with Crippen molar-refractivity contribution >= 4 is 24.3 Å². The van der Waals surface area contributed by atoms with Crippen LogP contribution in [0.5, 0.6) is 5.75 Å². The molecule has 0 spiro atoms. The molecule has 5 heteroatoms. The minimum absolute atomic E-state index is 0.199. The molecule has 7 rings (SSSR count). The SMILES string of the molecule is Oc1ccccc1N([B]c1ccc(-c2ccccc2)cc1)c1ccc(-c2nc(-c3ccccc3)cc(-c3ccccc3)n2)cc1. The molecule has 0 aliphatic carbocycles. The second-order valence-corrected chi connectivity index (χ2v) is 10.7. The van der Waals surface area contributed by atoms with Crippen molar-refractivity contribution in [2.24, 2.45) is 0 Å². The van der Waals surface area contributed by atoms with Gasteiger partial charge in [-0.1, -0.05) is 133 Å². The maximum absolute atomic E-state index is 10.8. The Morgan fingerprint density at radius 2 is 0.911 bits per heavy atom. The van der Waals surface area contributed by atoms with Crippen LogP contribution in [0.1, 0.15) is 0 Å². The van der Waals surface area contributed by atoms with Gasteiger partial charge < -0.3 is 9.92 Å². The number of phenolic OH excluding ortho intramolecular Hbond substituents is 1. The zero-order valence-corrected chi connectivity index (χ0v) is 24.5. The molecule has 0 aliphatic rings. The van der Waals surface area contributed by atoms with Crippen molar-refractivity contribution in [1.29, 1.82) is 0 Å². The van der Waals surface area contributed by atoms with Crippen LogP contribution in [-0.4, -0.2) is 22.5 Å². The first kappa shape index (κ1) is 27.9. The Hall–Kier alpha value is -5.94. The van der Waals surface area contributed by atoms with Crippen LogP contribution < -0.4 is 10.3 Å². The summed E-state index contributed by atoms with van der Waals surface area (Å²) >= 11 is 0. The highest BCUT2D eigenvalue weighted by Gasteiger charge is 2.17. The molecule has 0 saturated carbocycles. The van der Waals surface area contributed by atoms with Gasteiger partial charge in [0, 0.05) is 22.4 Å². The van der Waals surface area contributed by atoms with Gasteiger partial charge in [0.25, 0.3) is 7.41 Å². The summed E-state index contributed by atoms with van der Waals surface area (Å²) < 4.78 is 0. The number of anilines is 2. The first-order valence-corrected chi connectivity index (χ1v) is 14.9. The van der Waals surface area contributed by atoms with Crippen molar-refractivity contribution in [1.82, 2.24) is 9.97 Å². The highest BCUT2D eigenvalue weighted by Crippen LogP contribution is 2.34. The molecule has 0 amide bonds. The van der Waals surface area contributed by atoms with Crippen molar-refractivity contribution in [2.45, 2.75) is 0 Å². The van der Waals surface area contributed by atoms with Gasteiger partial charge in [-0.05, 0) is 53.6 Å². The van der Waals surface area contributed by atoms with Crippen LogP contribution in [-0.2, 0) is 0 Å². The molecule has 6 aromatic carbocycles. The van der Waals surface area contributed by atoms with E-state index in [9.17, 15) is 5.11 Å². The normalized spacial score (nSPS) is 10.8. The van der Waals surface area contributed by atoms with E-state index in [0.29, 0.717) is 11.5 Å². The first-order chi connectivity index (χ1) is 22.2. The Morgan fingerprint density at radius 3 is 1.47 bits per heavy atom. The largest absolute Gasteiger partial charge is 0.506 e. The molecule has 1 heterocycles. The lowest BCUT2D eigenvalue weighted by atomic mass is 9.78. The average Bonchev–Trinajstić information content (AvgIpc) is 3.12. The highest BCUT2D eigenvalue weighted by molar-refractivity contribution is 6.59. The molecule has 1 aromatic heterocycles. The van der Waals surface area contributed by atoms with Gasteiger partial charge in [0.15, 0.2) is 5.82 Å². The number of aromatic hydroxyl groups is 1. The fourth-order valence-corrected chi connectivity index (χ4v) is 5.35. The second-order valence-electron chi connectivity index (χ2n) is 10.7. The van der Waals surface area contributed by atoms with E-state index in [1.807, 2.05) is 115 Å². The summed E-state index contributed by atoms with van der Waals surface area (Å²) in [5.74, 6) is 0.849. The number of hydrogen-bond donors (Lipinski definition) is 1. The fraction of sp³-hybridized carbons (Fsp3) is 0. The van der Waals surface area contributed by atoms with Crippen molar-refractivity contribution in [2.75, 3.05) is 4.81 Å². The van der Waals surface area contributed by atoms with Crippen molar-refractivity contribution < 1.29 is 5.11 Å². The molecule has 0 fully saturated rings. The summed E-state index contributed by atoms with van der Waals surface area (Å²) in [4.78, 5) is 12.0. The minimum atomic E-state index is 0.199. The number of rotatable bonds is 8. The summed E-state index contributed by atoms with van der Waals surface area (Å²) in [6, 6.07) is 56.7. The first-order valence-electron chi connectivity index (χ1n) is 14.9. The molecule has 213 valence electrons. The van der Waals surface area contributed by atoms with Gasteiger partial charge in [-0.15, -0.1) is 0 Å². The number of nitrogens with zero attached hydrogens (tertiary/aromatic N) is 3. The highest BCUT2D eigenvalue weighted by atomic mass is 16.3. The van der Waals surface area contributed by atoms with Crippen LogP contribution in [0.3, 0.4) is 0 Å². The molecule has 0 saturated heterocycles. The number of aromatic nitrogens is 2. The third kappa shape index (κ3) is 6.24. The summed E-state index contributed by atoms with van der Waals surface area (Å²) in [5.41, 5.74) is 9.62. The minimum Gasteiger partial charge on any atom is -0.506 e. The fourth-order valence-electron chi connectivity index (χ4n) is 5.35. The third-order valence-electron chi connectivity index (χ3n) is 7.71. The van der Waals surface area contributed by atoms with Gasteiger partial charge >= 0.3 is 0 Å². The van der Waals surface area contributed by atoms with Crippen LogP contribution >= 0.6 is 0 Å². The Kier molecular flexibility index (Phi) is 7.89. The standard InChI is InChI=1S/C40H29BN3O/c45-39-19-11-10-18-38(39)44(41-34-24-20-30(21-25-34)29-12-4-1-5-13-29)35-26-22-33(23-27-35)40-42-36(31-14-6-2-7-15-31)28-37(43-40)32-16-8-3-9-17-32/h1-28,45H. The molecule has 1 radical (unpaired) electrons. The van der Waals surface area contributed by atoms with Crippen LogP contribution in [0.25, 0.3) is 45.0 Å². The molecule has 0 aliphatic heterocycles. The maximum atomic E-state index is 10.8. The van der Waals surface area contributed by atoms with E-state index in [-0.39, 0.29) is 5.75 Å². The predicted octanol–water partition coefficient (Wildman–Crippen LogP) is 8.93. The van der Waals surface area contributed by atoms with Crippen molar-refractivity contribution in [3.05, 3.63) is 170 Å². The summed E-state index contributed by atoms with van der Waals surface area (Å²) in [7, 11) is 2.04. The molecule has 0 bridgehead atoms. The van der Waals surface area contributed by atoms with E-state index in [0.717, 1.165) is 44.8 Å². The van der Waals surface area contributed by atoms with Gasteiger partial charge in [0.1, 0.15) is 5.75 Å². The smallest absolute Gasteiger partial charge is 0.291 e.